The SMILES string of the molecule is CC(=O)N(O)CC(O)COCP(=O)(O)O.[H-].[H-].[Na+].[Na+]. The monoisotopic (exact) mass is 291 g/mol. The third kappa shape index (κ3) is 15.4. The molecule has 11 heteroatoms. The normalized spacial score (nSPS) is 12.1. The minimum atomic E-state index is -4.25. The summed E-state index contributed by atoms with van der Waals surface area (Å²) < 4.78 is 14.8. The van der Waals surface area contributed by atoms with Crippen LogP contribution in [0.4, 0.5) is 0 Å². The molecule has 0 aliphatic heterocycles. The first-order chi connectivity index (χ1) is 6.72. The molecular weight excluding hydrogens is 275 g/mol. The van der Waals surface area contributed by atoms with Gasteiger partial charge in [0.15, 0.2) is 0 Å². The Bertz CT molecular complexity index is 270. The van der Waals surface area contributed by atoms with Gasteiger partial charge < -0.3 is 22.5 Å². The van der Waals surface area contributed by atoms with E-state index in [1.54, 1.807) is 0 Å². The average Bonchev–Trinajstić information content (AvgIpc) is 2.01. The Kier molecular flexibility index (Phi) is 15.7. The maximum atomic E-state index is 10.5. The molecule has 0 fully saturated rings. The van der Waals surface area contributed by atoms with Crippen molar-refractivity contribution in [2.45, 2.75) is 13.0 Å². The second kappa shape index (κ2) is 11.3. The van der Waals surface area contributed by atoms with E-state index < -0.39 is 26.0 Å². The summed E-state index contributed by atoms with van der Waals surface area (Å²) in [4.78, 5) is 27.3. The molecule has 4 N–H and O–H groups in total. The molecule has 0 radical (unpaired) electrons. The van der Waals surface area contributed by atoms with Crippen molar-refractivity contribution in [3.63, 3.8) is 0 Å². The number of aliphatic hydroxyl groups is 1. The average molecular weight is 291 g/mol. The van der Waals surface area contributed by atoms with Crippen molar-refractivity contribution in [1.29, 1.82) is 0 Å². The van der Waals surface area contributed by atoms with Crippen LogP contribution in [0.3, 0.4) is 0 Å². The molecule has 8 nitrogen and oxygen atoms in total. The number of aliphatic hydroxyl groups excluding tert-OH is 1. The van der Waals surface area contributed by atoms with Gasteiger partial charge in [0.05, 0.1) is 19.3 Å². The summed E-state index contributed by atoms with van der Waals surface area (Å²) in [7, 11) is -4.25. The van der Waals surface area contributed by atoms with Crippen molar-refractivity contribution in [2.75, 3.05) is 19.5 Å². The first kappa shape index (κ1) is 23.6. The Morgan fingerprint density at radius 1 is 1.47 bits per heavy atom. The van der Waals surface area contributed by atoms with Crippen LogP contribution in [-0.2, 0) is 14.1 Å². The Balaban J connectivity index is -0.000000163. The van der Waals surface area contributed by atoms with Crippen molar-refractivity contribution in [3.8, 4) is 0 Å². The second-order valence-corrected chi connectivity index (χ2v) is 4.51. The summed E-state index contributed by atoms with van der Waals surface area (Å²) in [6.45, 7) is 0.342. The van der Waals surface area contributed by atoms with E-state index in [0.717, 1.165) is 6.92 Å². The number of hydroxylamine groups is 2. The first-order valence-electron chi connectivity index (χ1n) is 3.99. The zero-order valence-electron chi connectivity index (χ0n) is 12.1. The van der Waals surface area contributed by atoms with Gasteiger partial charge in [-0.1, -0.05) is 0 Å². The molecule has 0 bridgehead atoms. The van der Waals surface area contributed by atoms with Gasteiger partial charge in [0.1, 0.15) is 6.35 Å². The number of nitrogens with zero attached hydrogens (tertiary/aromatic N) is 1. The molecule has 94 valence electrons. The van der Waals surface area contributed by atoms with Crippen molar-refractivity contribution in [2.24, 2.45) is 0 Å². The van der Waals surface area contributed by atoms with E-state index in [4.69, 9.17) is 20.1 Å². The standard InChI is InChI=1S/C6H14NO7P.2Na.2H/c1-5(8)7(10)2-6(9)3-14-4-15(11,12)13;;;;/h6,9-10H,2-4H2,1H3,(H2,11,12,13);;;;/q;2*+1;2*-1. The minimum Gasteiger partial charge on any atom is -1.00 e. The summed E-state index contributed by atoms with van der Waals surface area (Å²) in [6, 6.07) is 0. The van der Waals surface area contributed by atoms with Gasteiger partial charge in [0, 0.05) is 6.92 Å². The van der Waals surface area contributed by atoms with Gasteiger partial charge >= 0.3 is 66.7 Å². The number of hydrogen-bond acceptors (Lipinski definition) is 5. The predicted octanol–water partition coefficient (Wildman–Crippen LogP) is -7.03. The fraction of sp³-hybridized carbons (Fsp3) is 0.833. The Morgan fingerprint density at radius 3 is 2.29 bits per heavy atom. The van der Waals surface area contributed by atoms with E-state index in [1.165, 1.54) is 0 Å². The summed E-state index contributed by atoms with van der Waals surface area (Å²) in [5.74, 6) is -0.649. The maximum Gasteiger partial charge on any atom is 1.00 e. The van der Waals surface area contributed by atoms with Gasteiger partial charge in [-0.15, -0.1) is 0 Å². The van der Waals surface area contributed by atoms with E-state index >= 15 is 0 Å². The number of carbonyl (C=O) groups is 1. The van der Waals surface area contributed by atoms with Crippen LogP contribution in [0.2, 0.25) is 0 Å². The van der Waals surface area contributed by atoms with Crippen LogP contribution in [0.1, 0.15) is 9.78 Å². The zero-order valence-corrected chi connectivity index (χ0v) is 15.0. The number of amides is 1. The summed E-state index contributed by atoms with van der Waals surface area (Å²) in [5, 5.41) is 18.3. The van der Waals surface area contributed by atoms with Gasteiger partial charge in [0.25, 0.3) is 0 Å². The summed E-state index contributed by atoms with van der Waals surface area (Å²) in [6.07, 6.45) is -2.01. The number of carbonyl (C=O) groups excluding carboxylic acids is 1. The Labute approximate surface area is 146 Å². The van der Waals surface area contributed by atoms with E-state index in [9.17, 15) is 9.36 Å². The molecule has 17 heavy (non-hydrogen) atoms. The van der Waals surface area contributed by atoms with E-state index in [0.29, 0.717) is 0 Å². The fourth-order valence-electron chi connectivity index (χ4n) is 0.689. The van der Waals surface area contributed by atoms with Crippen molar-refractivity contribution < 1.29 is 96.2 Å². The van der Waals surface area contributed by atoms with E-state index in [-0.39, 0.29) is 80.2 Å². The van der Waals surface area contributed by atoms with Crippen LogP contribution in [0.15, 0.2) is 0 Å². The van der Waals surface area contributed by atoms with Gasteiger partial charge in [-0.05, 0) is 0 Å². The van der Waals surface area contributed by atoms with Gasteiger partial charge in [-0.2, -0.15) is 0 Å². The molecule has 0 aliphatic rings. The van der Waals surface area contributed by atoms with Gasteiger partial charge in [-0.3, -0.25) is 14.6 Å². The molecule has 0 rings (SSSR count). The molecule has 0 heterocycles. The quantitative estimate of drug-likeness (QED) is 0.166. The maximum absolute atomic E-state index is 10.5. The Morgan fingerprint density at radius 2 is 1.94 bits per heavy atom. The zero-order chi connectivity index (χ0) is 12.1. The second-order valence-electron chi connectivity index (χ2n) is 2.92. The number of rotatable bonds is 6. The number of hydrogen-bond donors (Lipinski definition) is 4. The molecule has 1 unspecified atom stereocenters. The van der Waals surface area contributed by atoms with Gasteiger partial charge in [-0.25, -0.2) is 5.06 Å². The van der Waals surface area contributed by atoms with Crippen molar-refractivity contribution in [3.05, 3.63) is 0 Å². The van der Waals surface area contributed by atoms with Crippen LogP contribution in [0.25, 0.3) is 0 Å². The predicted molar refractivity (Wildman–Crippen MR) is 50.3 cm³/mol. The van der Waals surface area contributed by atoms with Crippen LogP contribution in [0, 0.1) is 0 Å². The molecule has 1 amide bonds. The molecule has 0 saturated heterocycles. The van der Waals surface area contributed by atoms with Crippen LogP contribution in [-0.4, -0.2) is 56.7 Å². The summed E-state index contributed by atoms with van der Waals surface area (Å²) in [5.41, 5.74) is 0. The van der Waals surface area contributed by atoms with Gasteiger partial charge in [0.2, 0.25) is 5.91 Å². The third-order valence-corrected chi connectivity index (χ3v) is 1.84. The minimum absolute atomic E-state index is 0. The first-order valence-corrected chi connectivity index (χ1v) is 5.79. The molecule has 0 spiro atoms. The third-order valence-electron chi connectivity index (χ3n) is 1.32. The van der Waals surface area contributed by atoms with E-state index in [1.807, 2.05) is 0 Å². The number of ether oxygens (including phenoxy) is 1. The van der Waals surface area contributed by atoms with Crippen LogP contribution in [0.5, 0.6) is 0 Å². The molecule has 0 aromatic rings. The summed E-state index contributed by atoms with van der Waals surface area (Å²) >= 11 is 0. The molecule has 0 aromatic heterocycles. The van der Waals surface area contributed by atoms with Crippen molar-refractivity contribution in [1.82, 2.24) is 5.06 Å². The van der Waals surface area contributed by atoms with Crippen LogP contribution >= 0.6 is 7.60 Å². The molecule has 0 aromatic carbocycles. The van der Waals surface area contributed by atoms with Crippen molar-refractivity contribution >= 4 is 13.5 Å². The van der Waals surface area contributed by atoms with E-state index in [2.05, 4.69) is 4.74 Å². The molecule has 0 aliphatic carbocycles. The smallest absolute Gasteiger partial charge is 1.00 e. The molecule has 1 atom stereocenters. The fourth-order valence-corrected chi connectivity index (χ4v) is 1.03. The largest absolute Gasteiger partial charge is 1.00 e. The molecular formula is C6H16NNa2O7P. The Hall–Kier alpha value is 1.50. The molecule has 0 saturated carbocycles. The van der Waals surface area contributed by atoms with Crippen LogP contribution < -0.4 is 59.1 Å². The topological polar surface area (TPSA) is 128 Å².